The van der Waals surface area contributed by atoms with Gasteiger partial charge in [-0.25, -0.2) is 4.98 Å². The Hall–Kier alpha value is -3.12. The summed E-state index contributed by atoms with van der Waals surface area (Å²) >= 11 is 0. The van der Waals surface area contributed by atoms with Crippen molar-refractivity contribution in [1.82, 2.24) is 4.98 Å². The largest absolute Gasteiger partial charge is 0.436 e. The first-order valence-corrected chi connectivity index (χ1v) is 9.39. The summed E-state index contributed by atoms with van der Waals surface area (Å²) < 4.78 is 35.6. The minimum absolute atomic E-state index is 0.117. The summed E-state index contributed by atoms with van der Waals surface area (Å²) in [5.74, 6) is 0.699. The van der Waals surface area contributed by atoms with Crippen LogP contribution in [-0.4, -0.2) is 13.4 Å². The minimum Gasteiger partial charge on any atom is -0.436 e. The molecule has 0 atom stereocenters. The van der Waals surface area contributed by atoms with Crippen LogP contribution in [0.1, 0.15) is 5.56 Å². The lowest BCUT2D eigenvalue weighted by molar-refractivity contribution is 0.486. The van der Waals surface area contributed by atoms with Crippen molar-refractivity contribution in [2.75, 3.05) is 0 Å². The predicted octanol–water partition coefficient (Wildman–Crippen LogP) is 4.57. The molecule has 1 heterocycles. The van der Waals surface area contributed by atoms with Crippen LogP contribution < -0.4 is 4.18 Å². The van der Waals surface area contributed by atoms with Crippen LogP contribution in [0.5, 0.6) is 5.75 Å². The number of hydrogen-bond acceptors (Lipinski definition) is 5. The van der Waals surface area contributed by atoms with E-state index < -0.39 is 10.1 Å². The van der Waals surface area contributed by atoms with E-state index in [9.17, 15) is 8.42 Å². The first-order valence-electron chi connectivity index (χ1n) is 7.98. The number of rotatable bonds is 4. The highest BCUT2D eigenvalue weighted by atomic mass is 32.2. The maximum absolute atomic E-state index is 12.3. The molecule has 26 heavy (non-hydrogen) atoms. The van der Waals surface area contributed by atoms with Crippen LogP contribution >= 0.6 is 0 Å². The molecule has 0 saturated heterocycles. The van der Waals surface area contributed by atoms with E-state index in [2.05, 4.69) is 4.98 Å². The zero-order chi connectivity index (χ0) is 18.1. The van der Waals surface area contributed by atoms with Crippen molar-refractivity contribution in [2.24, 2.45) is 0 Å². The average Bonchev–Trinajstić information content (AvgIpc) is 3.06. The number of fused-ring (bicyclic) bond motifs is 1. The number of aryl methyl sites for hydroxylation is 1. The van der Waals surface area contributed by atoms with E-state index in [0.717, 1.165) is 16.6 Å². The molecular weight excluding hydrogens is 350 g/mol. The molecule has 0 aliphatic rings. The van der Waals surface area contributed by atoms with Crippen molar-refractivity contribution < 1.29 is 17.0 Å². The van der Waals surface area contributed by atoms with Gasteiger partial charge in [0.15, 0.2) is 5.58 Å². The number of para-hydroxylation sites is 2. The standard InChI is InChI=1S/C20H15NO4S/c1-14-6-12-17(13-7-14)26(22,23)25-16-10-8-15(9-11-16)20-21-18-4-2-3-5-19(18)24-20/h2-13H,1H3. The Morgan fingerprint density at radius 1 is 0.885 bits per heavy atom. The van der Waals surface area contributed by atoms with Gasteiger partial charge in [-0.3, -0.25) is 0 Å². The fourth-order valence-electron chi connectivity index (χ4n) is 2.53. The SMILES string of the molecule is Cc1ccc(S(=O)(=O)Oc2ccc(-c3nc4ccccc4o3)cc2)cc1. The van der Waals surface area contributed by atoms with E-state index in [1.54, 1.807) is 36.4 Å². The van der Waals surface area contributed by atoms with E-state index >= 15 is 0 Å². The lowest BCUT2D eigenvalue weighted by Gasteiger charge is -2.07. The topological polar surface area (TPSA) is 69.4 Å². The molecule has 4 aromatic rings. The van der Waals surface area contributed by atoms with Crippen LogP contribution in [0.3, 0.4) is 0 Å². The molecule has 0 fully saturated rings. The van der Waals surface area contributed by atoms with E-state index in [-0.39, 0.29) is 10.6 Å². The van der Waals surface area contributed by atoms with Crippen molar-refractivity contribution in [1.29, 1.82) is 0 Å². The lowest BCUT2D eigenvalue weighted by atomic mass is 10.2. The molecule has 5 nitrogen and oxygen atoms in total. The van der Waals surface area contributed by atoms with Gasteiger partial charge in [0.1, 0.15) is 16.2 Å². The van der Waals surface area contributed by atoms with Gasteiger partial charge in [-0.1, -0.05) is 29.8 Å². The summed E-state index contributed by atoms with van der Waals surface area (Å²) in [6.45, 7) is 1.89. The normalized spacial score (nSPS) is 11.6. The first-order chi connectivity index (χ1) is 12.5. The summed E-state index contributed by atoms with van der Waals surface area (Å²) in [5, 5.41) is 0. The Morgan fingerprint density at radius 3 is 2.27 bits per heavy atom. The number of benzene rings is 3. The van der Waals surface area contributed by atoms with Gasteiger partial charge >= 0.3 is 10.1 Å². The van der Waals surface area contributed by atoms with Crippen molar-refractivity contribution in [3.63, 3.8) is 0 Å². The second-order valence-corrected chi connectivity index (χ2v) is 7.41. The second kappa shape index (κ2) is 6.31. The molecule has 0 bridgehead atoms. The molecule has 0 N–H and O–H groups in total. The molecule has 0 amide bonds. The van der Waals surface area contributed by atoms with Crippen molar-refractivity contribution in [2.45, 2.75) is 11.8 Å². The van der Waals surface area contributed by atoms with Crippen LogP contribution in [0.2, 0.25) is 0 Å². The van der Waals surface area contributed by atoms with Gasteiger partial charge < -0.3 is 8.60 Å². The smallest absolute Gasteiger partial charge is 0.339 e. The van der Waals surface area contributed by atoms with E-state index in [1.807, 2.05) is 31.2 Å². The Morgan fingerprint density at radius 2 is 1.58 bits per heavy atom. The Bertz CT molecular complexity index is 1130. The van der Waals surface area contributed by atoms with Gasteiger partial charge in [0.2, 0.25) is 5.89 Å². The van der Waals surface area contributed by atoms with Gasteiger partial charge in [0, 0.05) is 5.56 Å². The molecule has 0 aliphatic carbocycles. The zero-order valence-electron chi connectivity index (χ0n) is 13.9. The number of aromatic nitrogens is 1. The van der Waals surface area contributed by atoms with Crippen LogP contribution in [0.15, 0.2) is 82.1 Å². The third-order valence-electron chi connectivity index (χ3n) is 3.91. The number of nitrogens with zero attached hydrogens (tertiary/aromatic N) is 1. The summed E-state index contributed by atoms with van der Waals surface area (Å²) in [6, 6.07) is 20.6. The monoisotopic (exact) mass is 365 g/mol. The molecule has 4 rings (SSSR count). The summed E-state index contributed by atoms with van der Waals surface area (Å²) in [7, 11) is -3.87. The fraction of sp³-hybridized carbons (Fsp3) is 0.0500. The third kappa shape index (κ3) is 3.19. The molecule has 130 valence electrons. The highest BCUT2D eigenvalue weighted by molar-refractivity contribution is 7.87. The first kappa shape index (κ1) is 16.4. The Kier molecular flexibility index (Phi) is 3.97. The Balaban J connectivity index is 1.58. The predicted molar refractivity (Wildman–Crippen MR) is 98.4 cm³/mol. The van der Waals surface area contributed by atoms with E-state index in [0.29, 0.717) is 11.5 Å². The van der Waals surface area contributed by atoms with Crippen molar-refractivity contribution >= 4 is 21.2 Å². The fourth-order valence-corrected chi connectivity index (χ4v) is 3.46. The molecule has 0 unspecified atom stereocenters. The average molecular weight is 365 g/mol. The van der Waals surface area contributed by atoms with Crippen LogP contribution in [0.4, 0.5) is 0 Å². The van der Waals surface area contributed by atoms with Gasteiger partial charge in [-0.15, -0.1) is 0 Å². The highest BCUT2D eigenvalue weighted by Gasteiger charge is 2.16. The molecular formula is C20H15NO4S. The maximum Gasteiger partial charge on any atom is 0.339 e. The minimum atomic E-state index is -3.87. The molecule has 6 heteroatoms. The van der Waals surface area contributed by atoms with E-state index in [1.165, 1.54) is 12.1 Å². The van der Waals surface area contributed by atoms with Crippen LogP contribution in [0.25, 0.3) is 22.6 Å². The molecule has 3 aromatic carbocycles. The molecule has 0 aliphatic heterocycles. The van der Waals surface area contributed by atoms with Crippen molar-refractivity contribution in [3.8, 4) is 17.2 Å². The van der Waals surface area contributed by atoms with Gasteiger partial charge in [0.05, 0.1) is 0 Å². The zero-order valence-corrected chi connectivity index (χ0v) is 14.7. The number of oxazole rings is 1. The highest BCUT2D eigenvalue weighted by Crippen LogP contribution is 2.27. The molecule has 1 aromatic heterocycles. The lowest BCUT2D eigenvalue weighted by Crippen LogP contribution is -2.09. The Labute approximate surface area is 151 Å². The van der Waals surface area contributed by atoms with Crippen LogP contribution in [0, 0.1) is 6.92 Å². The number of hydrogen-bond donors (Lipinski definition) is 0. The van der Waals surface area contributed by atoms with Crippen LogP contribution in [-0.2, 0) is 10.1 Å². The van der Waals surface area contributed by atoms with Gasteiger partial charge in [0.25, 0.3) is 0 Å². The quantitative estimate of drug-likeness (QED) is 0.496. The summed E-state index contributed by atoms with van der Waals surface area (Å²) in [6.07, 6.45) is 0. The van der Waals surface area contributed by atoms with Gasteiger partial charge in [-0.05, 0) is 55.5 Å². The van der Waals surface area contributed by atoms with Gasteiger partial charge in [-0.2, -0.15) is 8.42 Å². The third-order valence-corrected chi connectivity index (χ3v) is 5.17. The summed E-state index contributed by atoms with van der Waals surface area (Å²) in [4.78, 5) is 4.53. The molecule has 0 spiro atoms. The van der Waals surface area contributed by atoms with E-state index in [4.69, 9.17) is 8.60 Å². The maximum atomic E-state index is 12.3. The summed E-state index contributed by atoms with van der Waals surface area (Å²) in [5.41, 5.74) is 3.18. The molecule has 0 radical (unpaired) electrons. The van der Waals surface area contributed by atoms with Crippen molar-refractivity contribution in [3.05, 3.63) is 78.4 Å². The second-order valence-electron chi connectivity index (χ2n) is 5.86. The molecule has 0 saturated carbocycles.